The van der Waals surface area contributed by atoms with Gasteiger partial charge in [0, 0.05) is 11.1 Å². The first kappa shape index (κ1) is 18.9. The Morgan fingerprint density at radius 1 is 1.32 bits per heavy atom. The molecule has 0 spiro atoms. The first-order valence-electron chi connectivity index (χ1n) is 8.25. The molecule has 0 saturated heterocycles. The predicted molar refractivity (Wildman–Crippen MR) is 99.7 cm³/mol. The SMILES string of the molecule is CCCOc1ccc(/C=N\NC(=O)Cc2nc(C)cs2)cc1OCC. The Morgan fingerprint density at radius 3 is 2.84 bits per heavy atom. The van der Waals surface area contributed by atoms with Crippen LogP contribution in [0.4, 0.5) is 0 Å². The van der Waals surface area contributed by atoms with E-state index in [1.54, 1.807) is 6.21 Å². The van der Waals surface area contributed by atoms with Crippen LogP contribution in [0.25, 0.3) is 0 Å². The molecule has 0 fully saturated rings. The number of hydrogen-bond acceptors (Lipinski definition) is 6. The van der Waals surface area contributed by atoms with E-state index in [0.29, 0.717) is 24.7 Å². The molecule has 0 aliphatic rings. The van der Waals surface area contributed by atoms with Crippen LogP contribution < -0.4 is 14.9 Å². The molecule has 7 heteroatoms. The van der Waals surface area contributed by atoms with E-state index in [1.165, 1.54) is 11.3 Å². The van der Waals surface area contributed by atoms with Gasteiger partial charge in [-0.1, -0.05) is 6.92 Å². The Kier molecular flexibility index (Phi) is 7.40. The molecule has 0 radical (unpaired) electrons. The van der Waals surface area contributed by atoms with Crippen molar-refractivity contribution in [2.75, 3.05) is 13.2 Å². The lowest BCUT2D eigenvalue weighted by Crippen LogP contribution is -2.19. The van der Waals surface area contributed by atoms with E-state index < -0.39 is 0 Å². The Bertz CT molecular complexity index is 728. The lowest BCUT2D eigenvalue weighted by Gasteiger charge is -2.11. The number of rotatable bonds is 9. The highest BCUT2D eigenvalue weighted by Crippen LogP contribution is 2.28. The van der Waals surface area contributed by atoms with Gasteiger partial charge in [0.05, 0.1) is 25.8 Å². The van der Waals surface area contributed by atoms with Crippen molar-refractivity contribution in [3.05, 3.63) is 39.8 Å². The highest BCUT2D eigenvalue weighted by molar-refractivity contribution is 7.09. The molecule has 2 rings (SSSR count). The molecule has 134 valence electrons. The van der Waals surface area contributed by atoms with E-state index in [0.717, 1.165) is 22.7 Å². The number of carbonyl (C=O) groups excluding carboxylic acids is 1. The zero-order valence-electron chi connectivity index (χ0n) is 14.7. The average Bonchev–Trinajstić information content (AvgIpc) is 2.99. The summed E-state index contributed by atoms with van der Waals surface area (Å²) in [6.07, 6.45) is 2.74. The quantitative estimate of drug-likeness (QED) is 0.549. The minimum absolute atomic E-state index is 0.196. The van der Waals surface area contributed by atoms with Crippen molar-refractivity contribution in [3.63, 3.8) is 0 Å². The summed E-state index contributed by atoms with van der Waals surface area (Å²) in [5.41, 5.74) is 4.25. The molecule has 0 bridgehead atoms. The lowest BCUT2D eigenvalue weighted by atomic mass is 10.2. The number of nitrogens with one attached hydrogen (secondary N) is 1. The van der Waals surface area contributed by atoms with Crippen molar-refractivity contribution in [2.24, 2.45) is 5.10 Å². The first-order chi connectivity index (χ1) is 12.1. The molecular formula is C18H23N3O3S. The number of benzene rings is 1. The van der Waals surface area contributed by atoms with Crippen molar-refractivity contribution in [2.45, 2.75) is 33.6 Å². The molecule has 1 heterocycles. The van der Waals surface area contributed by atoms with Gasteiger partial charge in [-0.25, -0.2) is 10.4 Å². The molecule has 1 amide bonds. The summed E-state index contributed by atoms with van der Waals surface area (Å²) in [7, 11) is 0. The van der Waals surface area contributed by atoms with Crippen LogP contribution in [-0.4, -0.2) is 30.3 Å². The number of thiazole rings is 1. The zero-order valence-corrected chi connectivity index (χ0v) is 15.6. The van der Waals surface area contributed by atoms with Gasteiger partial charge in [-0.15, -0.1) is 11.3 Å². The highest BCUT2D eigenvalue weighted by atomic mass is 32.1. The van der Waals surface area contributed by atoms with Crippen LogP contribution in [0.3, 0.4) is 0 Å². The van der Waals surface area contributed by atoms with Gasteiger partial charge >= 0.3 is 0 Å². The normalized spacial score (nSPS) is 10.8. The fourth-order valence-electron chi connectivity index (χ4n) is 2.04. The maximum absolute atomic E-state index is 11.9. The second-order valence-electron chi connectivity index (χ2n) is 5.34. The molecule has 6 nitrogen and oxygen atoms in total. The maximum atomic E-state index is 11.9. The lowest BCUT2D eigenvalue weighted by molar-refractivity contribution is -0.120. The van der Waals surface area contributed by atoms with Gasteiger partial charge in [0.15, 0.2) is 11.5 Å². The molecule has 0 aliphatic heterocycles. The Balaban J connectivity index is 1.95. The van der Waals surface area contributed by atoms with Gasteiger partial charge in [0.25, 0.3) is 0 Å². The van der Waals surface area contributed by atoms with Crippen LogP contribution in [0.5, 0.6) is 11.5 Å². The van der Waals surface area contributed by atoms with Crippen LogP contribution >= 0.6 is 11.3 Å². The summed E-state index contributed by atoms with van der Waals surface area (Å²) in [6.45, 7) is 7.06. The number of hydrogen-bond donors (Lipinski definition) is 1. The van der Waals surface area contributed by atoms with Crippen molar-refractivity contribution in [1.82, 2.24) is 10.4 Å². The van der Waals surface area contributed by atoms with E-state index >= 15 is 0 Å². The summed E-state index contributed by atoms with van der Waals surface area (Å²) < 4.78 is 11.3. The Labute approximate surface area is 151 Å². The van der Waals surface area contributed by atoms with E-state index in [2.05, 4.69) is 22.4 Å². The van der Waals surface area contributed by atoms with Gasteiger partial charge in [0.2, 0.25) is 5.91 Å². The number of nitrogens with zero attached hydrogens (tertiary/aromatic N) is 2. The fourth-order valence-corrected chi connectivity index (χ4v) is 2.81. The van der Waals surface area contributed by atoms with E-state index in [9.17, 15) is 4.79 Å². The van der Waals surface area contributed by atoms with Gasteiger partial charge in [-0.05, 0) is 44.0 Å². The van der Waals surface area contributed by atoms with Gasteiger partial charge in [0.1, 0.15) is 5.01 Å². The second kappa shape index (κ2) is 9.78. The van der Waals surface area contributed by atoms with Gasteiger partial charge in [-0.2, -0.15) is 5.10 Å². The molecule has 0 atom stereocenters. The zero-order chi connectivity index (χ0) is 18.1. The highest BCUT2D eigenvalue weighted by Gasteiger charge is 2.07. The summed E-state index contributed by atoms with van der Waals surface area (Å²) in [5.74, 6) is 1.19. The van der Waals surface area contributed by atoms with Crippen molar-refractivity contribution >= 4 is 23.5 Å². The minimum atomic E-state index is -0.196. The summed E-state index contributed by atoms with van der Waals surface area (Å²) >= 11 is 1.47. The smallest absolute Gasteiger partial charge is 0.246 e. The molecule has 2 aromatic rings. The molecule has 0 aliphatic carbocycles. The third kappa shape index (κ3) is 6.19. The van der Waals surface area contributed by atoms with Crippen molar-refractivity contribution < 1.29 is 14.3 Å². The number of amides is 1. The van der Waals surface area contributed by atoms with Crippen LogP contribution in [0.2, 0.25) is 0 Å². The van der Waals surface area contributed by atoms with Crippen molar-refractivity contribution in [1.29, 1.82) is 0 Å². The number of aryl methyl sites for hydroxylation is 1. The molecule has 1 N–H and O–H groups in total. The predicted octanol–water partition coefficient (Wildman–Crippen LogP) is 3.33. The second-order valence-corrected chi connectivity index (χ2v) is 6.28. The largest absolute Gasteiger partial charge is 0.490 e. The van der Waals surface area contributed by atoms with E-state index in [-0.39, 0.29) is 12.3 Å². The molecule has 0 saturated carbocycles. The molecule has 0 unspecified atom stereocenters. The van der Waals surface area contributed by atoms with Crippen LogP contribution in [0, 0.1) is 6.92 Å². The Hall–Kier alpha value is -2.41. The summed E-state index contributed by atoms with van der Waals surface area (Å²) in [5, 5.41) is 6.69. The average molecular weight is 361 g/mol. The standard InChI is InChI=1S/C18H23N3O3S/c1-4-8-24-15-7-6-14(9-16(15)23-5-2)11-19-21-17(22)10-18-20-13(3)12-25-18/h6-7,9,11-12H,4-5,8,10H2,1-3H3,(H,21,22)/b19-11-. The minimum Gasteiger partial charge on any atom is -0.490 e. The summed E-state index contributed by atoms with van der Waals surface area (Å²) in [4.78, 5) is 16.1. The number of carbonyl (C=O) groups is 1. The van der Waals surface area contributed by atoms with Crippen LogP contribution in [-0.2, 0) is 11.2 Å². The Morgan fingerprint density at radius 2 is 2.16 bits per heavy atom. The molecule has 25 heavy (non-hydrogen) atoms. The summed E-state index contributed by atoms with van der Waals surface area (Å²) in [6, 6.07) is 5.56. The molecule has 1 aromatic heterocycles. The fraction of sp³-hybridized carbons (Fsp3) is 0.389. The number of aromatic nitrogens is 1. The van der Waals surface area contributed by atoms with E-state index in [4.69, 9.17) is 9.47 Å². The number of ether oxygens (including phenoxy) is 2. The van der Waals surface area contributed by atoms with E-state index in [1.807, 2.05) is 37.4 Å². The molecule has 1 aromatic carbocycles. The van der Waals surface area contributed by atoms with Crippen LogP contribution in [0.15, 0.2) is 28.7 Å². The third-order valence-electron chi connectivity index (χ3n) is 3.11. The van der Waals surface area contributed by atoms with Gasteiger partial charge in [-0.3, -0.25) is 4.79 Å². The monoisotopic (exact) mass is 361 g/mol. The number of hydrazone groups is 1. The van der Waals surface area contributed by atoms with Crippen LogP contribution in [0.1, 0.15) is 36.5 Å². The van der Waals surface area contributed by atoms with Crippen molar-refractivity contribution in [3.8, 4) is 11.5 Å². The third-order valence-corrected chi connectivity index (χ3v) is 4.08. The molecular weight excluding hydrogens is 338 g/mol. The maximum Gasteiger partial charge on any atom is 0.246 e. The topological polar surface area (TPSA) is 72.8 Å². The first-order valence-corrected chi connectivity index (χ1v) is 9.12. The van der Waals surface area contributed by atoms with Gasteiger partial charge < -0.3 is 9.47 Å².